The predicted molar refractivity (Wildman–Crippen MR) is 75.1 cm³/mol. The number of carbonyl (C=O) groups excluding carboxylic acids is 1. The van der Waals surface area contributed by atoms with E-state index in [1.54, 1.807) is 0 Å². The number of hydrogen-bond donors (Lipinski definition) is 2. The SMILES string of the molecule is NCCc1ccc(C(=O)NCCC2CCCO2)cc1. The molecule has 104 valence electrons. The van der Waals surface area contributed by atoms with E-state index in [1.165, 1.54) is 5.56 Å². The monoisotopic (exact) mass is 262 g/mol. The van der Waals surface area contributed by atoms with E-state index in [0.29, 0.717) is 24.8 Å². The summed E-state index contributed by atoms with van der Waals surface area (Å²) in [5, 5.41) is 2.93. The molecule has 0 saturated carbocycles. The van der Waals surface area contributed by atoms with Gasteiger partial charge in [0.05, 0.1) is 6.10 Å². The van der Waals surface area contributed by atoms with Gasteiger partial charge in [-0.15, -0.1) is 0 Å². The molecular formula is C15H22N2O2. The third-order valence-corrected chi connectivity index (χ3v) is 3.42. The summed E-state index contributed by atoms with van der Waals surface area (Å²) in [6, 6.07) is 7.63. The molecule has 1 saturated heterocycles. The van der Waals surface area contributed by atoms with Gasteiger partial charge in [0.1, 0.15) is 0 Å². The standard InChI is InChI=1S/C15H22N2O2/c16-9-7-12-3-5-13(6-4-12)15(18)17-10-8-14-2-1-11-19-14/h3-6,14H,1-2,7-11,16H2,(H,17,18). The van der Waals surface area contributed by atoms with Crippen LogP contribution in [0.5, 0.6) is 0 Å². The molecule has 1 aliphatic rings. The number of carbonyl (C=O) groups is 1. The van der Waals surface area contributed by atoms with Gasteiger partial charge < -0.3 is 15.8 Å². The topological polar surface area (TPSA) is 64.4 Å². The summed E-state index contributed by atoms with van der Waals surface area (Å²) >= 11 is 0. The van der Waals surface area contributed by atoms with Crippen LogP contribution < -0.4 is 11.1 Å². The summed E-state index contributed by atoms with van der Waals surface area (Å²) in [7, 11) is 0. The molecule has 4 heteroatoms. The van der Waals surface area contributed by atoms with Gasteiger partial charge in [0.15, 0.2) is 0 Å². The van der Waals surface area contributed by atoms with E-state index in [0.717, 1.165) is 32.3 Å². The van der Waals surface area contributed by atoms with Crippen molar-refractivity contribution in [2.75, 3.05) is 19.7 Å². The first-order valence-corrected chi connectivity index (χ1v) is 6.98. The Balaban J connectivity index is 1.75. The van der Waals surface area contributed by atoms with Crippen LogP contribution in [0.3, 0.4) is 0 Å². The van der Waals surface area contributed by atoms with E-state index in [2.05, 4.69) is 5.32 Å². The van der Waals surface area contributed by atoms with Crippen molar-refractivity contribution in [3.05, 3.63) is 35.4 Å². The fourth-order valence-electron chi connectivity index (χ4n) is 2.31. The molecule has 0 radical (unpaired) electrons. The van der Waals surface area contributed by atoms with Crippen molar-refractivity contribution >= 4 is 5.91 Å². The van der Waals surface area contributed by atoms with Crippen molar-refractivity contribution in [3.63, 3.8) is 0 Å². The normalized spacial score (nSPS) is 18.5. The minimum atomic E-state index is -0.0164. The van der Waals surface area contributed by atoms with E-state index >= 15 is 0 Å². The molecule has 1 unspecified atom stereocenters. The Morgan fingerprint density at radius 2 is 2.16 bits per heavy atom. The maximum Gasteiger partial charge on any atom is 0.251 e. The summed E-state index contributed by atoms with van der Waals surface area (Å²) < 4.78 is 5.52. The molecule has 0 aliphatic carbocycles. The molecule has 1 aliphatic heterocycles. The zero-order valence-corrected chi connectivity index (χ0v) is 11.2. The van der Waals surface area contributed by atoms with Crippen LogP contribution >= 0.6 is 0 Å². The first-order valence-electron chi connectivity index (χ1n) is 6.98. The van der Waals surface area contributed by atoms with Crippen LogP contribution in [0.2, 0.25) is 0 Å². The van der Waals surface area contributed by atoms with Crippen molar-refractivity contribution in [1.29, 1.82) is 0 Å². The number of nitrogens with two attached hydrogens (primary N) is 1. The highest BCUT2D eigenvalue weighted by atomic mass is 16.5. The Morgan fingerprint density at radius 3 is 2.79 bits per heavy atom. The van der Waals surface area contributed by atoms with Crippen molar-refractivity contribution in [2.45, 2.75) is 31.8 Å². The zero-order valence-electron chi connectivity index (χ0n) is 11.2. The van der Waals surface area contributed by atoms with E-state index in [4.69, 9.17) is 10.5 Å². The molecule has 1 atom stereocenters. The Labute approximate surface area is 114 Å². The molecule has 2 rings (SSSR count). The molecule has 1 amide bonds. The Morgan fingerprint density at radius 1 is 1.37 bits per heavy atom. The maximum atomic E-state index is 11.9. The van der Waals surface area contributed by atoms with Crippen LogP contribution in [-0.2, 0) is 11.2 Å². The fourth-order valence-corrected chi connectivity index (χ4v) is 2.31. The van der Waals surface area contributed by atoms with Gasteiger partial charge in [-0.1, -0.05) is 12.1 Å². The lowest BCUT2D eigenvalue weighted by Crippen LogP contribution is -2.27. The van der Waals surface area contributed by atoms with E-state index in [9.17, 15) is 4.79 Å². The predicted octanol–water partition coefficient (Wildman–Crippen LogP) is 1.49. The second-order valence-electron chi connectivity index (χ2n) is 4.92. The highest BCUT2D eigenvalue weighted by molar-refractivity contribution is 5.94. The molecule has 4 nitrogen and oxygen atoms in total. The lowest BCUT2D eigenvalue weighted by atomic mass is 10.1. The first kappa shape index (κ1) is 14.0. The third-order valence-electron chi connectivity index (χ3n) is 3.42. The number of benzene rings is 1. The molecule has 0 bridgehead atoms. The largest absolute Gasteiger partial charge is 0.378 e. The number of hydrogen-bond acceptors (Lipinski definition) is 3. The van der Waals surface area contributed by atoms with Gasteiger partial charge >= 0.3 is 0 Å². The lowest BCUT2D eigenvalue weighted by Gasteiger charge is -2.10. The Hall–Kier alpha value is -1.39. The van der Waals surface area contributed by atoms with Crippen LogP contribution in [0, 0.1) is 0 Å². The molecule has 0 aromatic heterocycles. The average Bonchev–Trinajstić information content (AvgIpc) is 2.93. The summed E-state index contributed by atoms with van der Waals surface area (Å²) in [5.41, 5.74) is 7.36. The van der Waals surface area contributed by atoms with Crippen molar-refractivity contribution in [1.82, 2.24) is 5.32 Å². The second-order valence-corrected chi connectivity index (χ2v) is 4.92. The van der Waals surface area contributed by atoms with E-state index in [1.807, 2.05) is 24.3 Å². The van der Waals surface area contributed by atoms with Crippen LogP contribution in [-0.4, -0.2) is 31.7 Å². The van der Waals surface area contributed by atoms with Gasteiger partial charge in [-0.25, -0.2) is 0 Å². The highest BCUT2D eigenvalue weighted by Crippen LogP contribution is 2.14. The second kappa shape index (κ2) is 7.26. The van der Waals surface area contributed by atoms with Crippen LogP contribution in [0.15, 0.2) is 24.3 Å². The van der Waals surface area contributed by atoms with Crippen molar-refractivity contribution in [3.8, 4) is 0 Å². The Kier molecular flexibility index (Phi) is 5.36. The van der Waals surface area contributed by atoms with Crippen molar-refractivity contribution in [2.24, 2.45) is 5.73 Å². The van der Waals surface area contributed by atoms with E-state index in [-0.39, 0.29) is 5.91 Å². The molecule has 19 heavy (non-hydrogen) atoms. The molecule has 1 fully saturated rings. The van der Waals surface area contributed by atoms with E-state index < -0.39 is 0 Å². The highest BCUT2D eigenvalue weighted by Gasteiger charge is 2.15. The van der Waals surface area contributed by atoms with Gasteiger partial charge in [0.25, 0.3) is 5.91 Å². The quantitative estimate of drug-likeness (QED) is 0.816. The number of nitrogens with one attached hydrogen (secondary N) is 1. The number of amides is 1. The summed E-state index contributed by atoms with van der Waals surface area (Å²) in [6.45, 7) is 2.17. The van der Waals surface area contributed by atoms with Crippen LogP contribution in [0.1, 0.15) is 35.2 Å². The fraction of sp³-hybridized carbons (Fsp3) is 0.533. The molecule has 1 aromatic rings. The molecule has 0 spiro atoms. The number of ether oxygens (including phenoxy) is 1. The third kappa shape index (κ3) is 4.33. The first-order chi connectivity index (χ1) is 9.29. The summed E-state index contributed by atoms with van der Waals surface area (Å²) in [6.07, 6.45) is 4.33. The van der Waals surface area contributed by atoms with Crippen molar-refractivity contribution < 1.29 is 9.53 Å². The van der Waals surface area contributed by atoms with Gasteiger partial charge in [-0.2, -0.15) is 0 Å². The average molecular weight is 262 g/mol. The summed E-state index contributed by atoms with van der Waals surface area (Å²) in [4.78, 5) is 11.9. The maximum absolute atomic E-state index is 11.9. The lowest BCUT2D eigenvalue weighted by molar-refractivity contribution is 0.0907. The minimum Gasteiger partial charge on any atom is -0.378 e. The van der Waals surface area contributed by atoms with Gasteiger partial charge in [-0.05, 0) is 49.9 Å². The minimum absolute atomic E-state index is 0.0164. The number of rotatable bonds is 6. The Bertz CT molecular complexity index is 397. The van der Waals surface area contributed by atoms with Gasteiger partial charge in [-0.3, -0.25) is 4.79 Å². The van der Waals surface area contributed by atoms with Gasteiger partial charge in [0.2, 0.25) is 0 Å². The zero-order chi connectivity index (χ0) is 13.5. The molecule has 1 heterocycles. The van der Waals surface area contributed by atoms with Crippen LogP contribution in [0.25, 0.3) is 0 Å². The molecule has 3 N–H and O–H groups in total. The smallest absolute Gasteiger partial charge is 0.251 e. The van der Waals surface area contributed by atoms with Gasteiger partial charge in [0, 0.05) is 18.7 Å². The van der Waals surface area contributed by atoms with Crippen LogP contribution in [0.4, 0.5) is 0 Å². The summed E-state index contributed by atoms with van der Waals surface area (Å²) in [5.74, 6) is -0.0164. The molecule has 1 aromatic carbocycles. The molecular weight excluding hydrogens is 240 g/mol.